The van der Waals surface area contributed by atoms with Gasteiger partial charge in [0.05, 0.1) is 5.69 Å². The minimum Gasteiger partial charge on any atom is -0.364 e. The van der Waals surface area contributed by atoms with Crippen LogP contribution in [0, 0.1) is 0 Å². The molecule has 1 saturated heterocycles. The van der Waals surface area contributed by atoms with Gasteiger partial charge in [0.1, 0.15) is 6.17 Å². The van der Waals surface area contributed by atoms with Crippen LogP contribution in [-0.4, -0.2) is 24.1 Å². The van der Waals surface area contributed by atoms with E-state index in [9.17, 15) is 4.79 Å². The summed E-state index contributed by atoms with van der Waals surface area (Å²) in [5, 5.41) is 7.75. The number of carbonyl (C=O) groups is 1. The fourth-order valence-corrected chi connectivity index (χ4v) is 2.66. The molecule has 0 aromatic heterocycles. The number of nitrogens with one attached hydrogen (secondary N) is 1. The van der Waals surface area contributed by atoms with E-state index in [1.165, 1.54) is 0 Å². The predicted molar refractivity (Wildman–Crippen MR) is 85.2 cm³/mol. The highest BCUT2D eigenvalue weighted by atomic mass is 35.5. The molecule has 4 nitrogen and oxygen atoms in total. The largest absolute Gasteiger partial charge is 0.364 e. The van der Waals surface area contributed by atoms with Crippen LogP contribution in [-0.2, 0) is 4.79 Å². The summed E-state index contributed by atoms with van der Waals surface area (Å²) in [6, 6.07) is 17.4. The van der Waals surface area contributed by atoms with Gasteiger partial charge in [-0.25, -0.2) is 5.01 Å². The Bertz CT molecular complexity index is 603. The van der Waals surface area contributed by atoms with Crippen molar-refractivity contribution in [2.24, 2.45) is 0 Å². The number of halogens is 1. The molecule has 1 heterocycles. The van der Waals surface area contributed by atoms with E-state index in [4.69, 9.17) is 11.6 Å². The molecule has 108 valence electrons. The highest BCUT2D eigenvalue weighted by Crippen LogP contribution is 2.25. The molecule has 3 rings (SSSR count). The predicted octanol–water partition coefficient (Wildman–Crippen LogP) is 3.36. The van der Waals surface area contributed by atoms with Gasteiger partial charge in [0.2, 0.25) is 6.41 Å². The lowest BCUT2D eigenvalue weighted by atomic mass is 10.3. The Labute approximate surface area is 128 Å². The lowest BCUT2D eigenvalue weighted by molar-refractivity contribution is -0.119. The van der Waals surface area contributed by atoms with E-state index in [1.54, 1.807) is 5.01 Å². The molecule has 1 atom stereocenters. The van der Waals surface area contributed by atoms with Crippen molar-refractivity contribution in [3.05, 3.63) is 59.6 Å². The average Bonchev–Trinajstić information content (AvgIpc) is 2.93. The van der Waals surface area contributed by atoms with E-state index in [1.807, 2.05) is 59.6 Å². The van der Waals surface area contributed by atoms with Crippen LogP contribution in [0.15, 0.2) is 54.6 Å². The fourth-order valence-electron chi connectivity index (χ4n) is 2.53. The van der Waals surface area contributed by atoms with Gasteiger partial charge < -0.3 is 5.32 Å². The fraction of sp³-hybridized carbons (Fsp3) is 0.188. The summed E-state index contributed by atoms with van der Waals surface area (Å²) in [5.74, 6) is 0. The number of para-hydroxylation sites is 1. The van der Waals surface area contributed by atoms with Crippen molar-refractivity contribution in [3.63, 3.8) is 0 Å². The van der Waals surface area contributed by atoms with E-state index in [-0.39, 0.29) is 6.17 Å². The van der Waals surface area contributed by atoms with Crippen LogP contribution < -0.4 is 10.3 Å². The van der Waals surface area contributed by atoms with Crippen molar-refractivity contribution >= 4 is 29.4 Å². The van der Waals surface area contributed by atoms with Crippen molar-refractivity contribution in [3.8, 4) is 0 Å². The number of hydrogen-bond donors (Lipinski definition) is 1. The molecule has 0 aliphatic carbocycles. The van der Waals surface area contributed by atoms with Crippen LogP contribution in [0.5, 0.6) is 0 Å². The number of rotatable bonds is 4. The van der Waals surface area contributed by atoms with Crippen LogP contribution in [0.4, 0.5) is 11.4 Å². The Morgan fingerprint density at radius 3 is 2.48 bits per heavy atom. The number of nitrogens with zero attached hydrogens (tertiary/aromatic N) is 2. The second-order valence-corrected chi connectivity index (χ2v) is 5.34. The van der Waals surface area contributed by atoms with Gasteiger partial charge in [0, 0.05) is 23.7 Å². The topological polar surface area (TPSA) is 35.6 Å². The van der Waals surface area contributed by atoms with Crippen LogP contribution in [0.2, 0.25) is 5.02 Å². The second kappa shape index (κ2) is 6.06. The molecule has 2 aromatic carbocycles. The maximum atomic E-state index is 11.5. The quantitative estimate of drug-likeness (QED) is 0.880. The average molecular weight is 302 g/mol. The Hall–Kier alpha value is -2.20. The SMILES string of the molecule is O=CN1[C@H](Nc2ccc(Cl)cc2)CCN1c1ccccc1. The first-order chi connectivity index (χ1) is 10.3. The summed E-state index contributed by atoms with van der Waals surface area (Å²) in [6.45, 7) is 0.800. The Morgan fingerprint density at radius 2 is 1.81 bits per heavy atom. The molecular weight excluding hydrogens is 286 g/mol. The molecule has 0 saturated carbocycles. The minimum atomic E-state index is -0.0520. The van der Waals surface area contributed by atoms with Gasteiger partial charge in [-0.05, 0) is 36.4 Å². The van der Waals surface area contributed by atoms with Gasteiger partial charge >= 0.3 is 0 Å². The van der Waals surface area contributed by atoms with Crippen molar-refractivity contribution in [1.82, 2.24) is 5.01 Å². The molecule has 0 radical (unpaired) electrons. The van der Waals surface area contributed by atoms with Crippen molar-refractivity contribution in [2.75, 3.05) is 16.9 Å². The molecule has 1 N–H and O–H groups in total. The third-order valence-corrected chi connectivity index (χ3v) is 3.80. The van der Waals surface area contributed by atoms with E-state index in [2.05, 4.69) is 5.32 Å². The zero-order valence-electron chi connectivity index (χ0n) is 11.4. The Balaban J connectivity index is 1.75. The Morgan fingerprint density at radius 1 is 1.10 bits per heavy atom. The lowest BCUT2D eigenvalue weighted by Gasteiger charge is -2.30. The third kappa shape index (κ3) is 2.95. The molecule has 1 aliphatic rings. The number of benzene rings is 2. The number of hydrazine groups is 1. The zero-order chi connectivity index (χ0) is 14.7. The number of carbonyl (C=O) groups excluding carboxylic acids is 1. The summed E-state index contributed by atoms with van der Waals surface area (Å²) in [7, 11) is 0. The van der Waals surface area contributed by atoms with Crippen LogP contribution in [0.1, 0.15) is 6.42 Å². The highest BCUT2D eigenvalue weighted by Gasteiger charge is 2.30. The lowest BCUT2D eigenvalue weighted by Crippen LogP contribution is -2.43. The zero-order valence-corrected chi connectivity index (χ0v) is 12.2. The van der Waals surface area contributed by atoms with Crippen molar-refractivity contribution in [2.45, 2.75) is 12.6 Å². The maximum Gasteiger partial charge on any atom is 0.230 e. The van der Waals surface area contributed by atoms with E-state index >= 15 is 0 Å². The van der Waals surface area contributed by atoms with E-state index in [0.29, 0.717) is 5.02 Å². The smallest absolute Gasteiger partial charge is 0.230 e. The normalized spacial score (nSPS) is 17.9. The number of anilines is 2. The monoisotopic (exact) mass is 301 g/mol. The molecule has 1 aliphatic heterocycles. The van der Waals surface area contributed by atoms with Crippen LogP contribution in [0.25, 0.3) is 0 Å². The first-order valence-electron chi connectivity index (χ1n) is 6.86. The molecule has 0 spiro atoms. The molecule has 21 heavy (non-hydrogen) atoms. The number of amides is 1. The molecule has 0 bridgehead atoms. The summed E-state index contributed by atoms with van der Waals surface area (Å²) in [5.41, 5.74) is 1.97. The number of hydrogen-bond acceptors (Lipinski definition) is 3. The third-order valence-electron chi connectivity index (χ3n) is 3.55. The van der Waals surface area contributed by atoms with Gasteiger partial charge in [0.25, 0.3) is 0 Å². The van der Waals surface area contributed by atoms with E-state index < -0.39 is 0 Å². The van der Waals surface area contributed by atoms with Crippen LogP contribution in [0.3, 0.4) is 0 Å². The highest BCUT2D eigenvalue weighted by molar-refractivity contribution is 6.30. The van der Waals surface area contributed by atoms with Crippen molar-refractivity contribution < 1.29 is 4.79 Å². The summed E-state index contributed by atoms with van der Waals surface area (Å²) in [4.78, 5) is 11.5. The summed E-state index contributed by atoms with van der Waals surface area (Å²) in [6.07, 6.45) is 1.67. The van der Waals surface area contributed by atoms with Crippen LogP contribution >= 0.6 is 11.6 Å². The maximum absolute atomic E-state index is 11.5. The molecule has 1 fully saturated rings. The van der Waals surface area contributed by atoms with Gasteiger partial charge in [-0.1, -0.05) is 29.8 Å². The first-order valence-corrected chi connectivity index (χ1v) is 7.24. The Kier molecular flexibility index (Phi) is 3.97. The van der Waals surface area contributed by atoms with E-state index in [0.717, 1.165) is 30.8 Å². The molecule has 1 amide bonds. The van der Waals surface area contributed by atoms with Gasteiger partial charge in [-0.15, -0.1) is 0 Å². The summed E-state index contributed by atoms with van der Waals surface area (Å²) >= 11 is 5.88. The second-order valence-electron chi connectivity index (χ2n) is 4.90. The molecule has 5 heteroatoms. The van der Waals surface area contributed by atoms with Gasteiger partial charge in [0.15, 0.2) is 0 Å². The molecular formula is C16H16ClN3O. The standard InChI is InChI=1S/C16H16ClN3O/c17-13-6-8-14(9-7-13)18-16-10-11-19(20(16)12-21)15-4-2-1-3-5-15/h1-9,12,16,18H,10-11H2/t16-/m0/s1. The van der Waals surface area contributed by atoms with Gasteiger partial charge in [-0.3, -0.25) is 9.80 Å². The molecule has 0 unspecified atom stereocenters. The molecule has 2 aromatic rings. The summed E-state index contributed by atoms with van der Waals surface area (Å²) < 4.78 is 0. The van der Waals surface area contributed by atoms with Crippen molar-refractivity contribution in [1.29, 1.82) is 0 Å². The van der Waals surface area contributed by atoms with Gasteiger partial charge in [-0.2, -0.15) is 0 Å². The first kappa shape index (κ1) is 13.8. The minimum absolute atomic E-state index is 0.0520.